The first-order chi connectivity index (χ1) is 12.6. The van der Waals surface area contributed by atoms with Crippen molar-refractivity contribution in [3.63, 3.8) is 0 Å². The van der Waals surface area contributed by atoms with Crippen LogP contribution < -0.4 is 19.9 Å². The molecule has 0 unspecified atom stereocenters. The fourth-order valence-corrected chi connectivity index (χ4v) is 2.92. The molecule has 0 aliphatic heterocycles. The third-order valence-electron chi connectivity index (χ3n) is 4.25. The lowest BCUT2D eigenvalue weighted by molar-refractivity contribution is 0.324. The van der Waals surface area contributed by atoms with Gasteiger partial charge in [0.2, 0.25) is 5.75 Å². The van der Waals surface area contributed by atoms with Crippen molar-refractivity contribution in [1.29, 1.82) is 0 Å². The number of nitrogens with two attached hydrogens (primary N) is 1. The van der Waals surface area contributed by atoms with E-state index in [1.54, 1.807) is 27.5 Å². The maximum Gasteiger partial charge on any atom is 0.203 e. The van der Waals surface area contributed by atoms with Crippen molar-refractivity contribution in [2.24, 2.45) is 0 Å². The van der Waals surface area contributed by atoms with Crippen LogP contribution in [-0.4, -0.2) is 26.3 Å². The van der Waals surface area contributed by atoms with E-state index >= 15 is 0 Å². The molecule has 2 aromatic carbocycles. The fraction of sp³-hybridized carbons (Fsp3) is 0.190. The molecule has 0 bridgehead atoms. The third kappa shape index (κ3) is 3.28. The van der Waals surface area contributed by atoms with Gasteiger partial charge in [0.25, 0.3) is 0 Å². The summed E-state index contributed by atoms with van der Waals surface area (Å²) in [4.78, 5) is 4.38. The number of aromatic nitrogens is 1. The van der Waals surface area contributed by atoms with Crippen LogP contribution in [0.25, 0.3) is 22.3 Å². The molecule has 5 heteroatoms. The van der Waals surface area contributed by atoms with Gasteiger partial charge < -0.3 is 19.9 Å². The SMILES string of the molecule is COc1cc(-c2cnc(N)c(-c3cccc(C)c3)c2)cc(OC)c1OC. The zero-order valence-electron chi connectivity index (χ0n) is 15.4. The summed E-state index contributed by atoms with van der Waals surface area (Å²) in [5, 5.41) is 0. The van der Waals surface area contributed by atoms with Gasteiger partial charge in [0, 0.05) is 17.3 Å². The summed E-state index contributed by atoms with van der Waals surface area (Å²) in [5.41, 5.74) is 11.0. The van der Waals surface area contributed by atoms with Gasteiger partial charge in [0.15, 0.2) is 11.5 Å². The number of pyridine rings is 1. The van der Waals surface area contributed by atoms with Crippen LogP contribution in [0.4, 0.5) is 5.82 Å². The van der Waals surface area contributed by atoms with Crippen molar-refractivity contribution in [2.75, 3.05) is 27.1 Å². The molecule has 0 saturated carbocycles. The highest BCUT2D eigenvalue weighted by Gasteiger charge is 2.15. The van der Waals surface area contributed by atoms with E-state index in [-0.39, 0.29) is 0 Å². The van der Waals surface area contributed by atoms with Crippen molar-refractivity contribution in [2.45, 2.75) is 6.92 Å². The number of hydrogen-bond donors (Lipinski definition) is 1. The molecule has 3 aromatic rings. The maximum absolute atomic E-state index is 6.13. The number of anilines is 1. The van der Waals surface area contributed by atoms with Crippen molar-refractivity contribution >= 4 is 5.82 Å². The normalized spacial score (nSPS) is 10.5. The van der Waals surface area contributed by atoms with Gasteiger partial charge in [-0.05, 0) is 36.2 Å². The zero-order chi connectivity index (χ0) is 18.7. The lowest BCUT2D eigenvalue weighted by Gasteiger charge is -2.15. The first kappa shape index (κ1) is 17.6. The highest BCUT2D eigenvalue weighted by atomic mass is 16.5. The molecule has 0 fully saturated rings. The van der Waals surface area contributed by atoms with Gasteiger partial charge in [0.1, 0.15) is 5.82 Å². The second kappa shape index (κ2) is 7.35. The van der Waals surface area contributed by atoms with Crippen molar-refractivity contribution in [3.8, 4) is 39.5 Å². The molecular formula is C21H22N2O3. The quantitative estimate of drug-likeness (QED) is 0.742. The molecule has 0 atom stereocenters. The molecule has 134 valence electrons. The van der Waals surface area contributed by atoms with E-state index in [1.807, 2.05) is 30.3 Å². The molecule has 0 aliphatic rings. The van der Waals surface area contributed by atoms with Crippen LogP contribution in [0.15, 0.2) is 48.7 Å². The second-order valence-corrected chi connectivity index (χ2v) is 5.94. The van der Waals surface area contributed by atoms with E-state index in [9.17, 15) is 0 Å². The number of benzene rings is 2. The summed E-state index contributed by atoms with van der Waals surface area (Å²) >= 11 is 0. The molecule has 0 amide bonds. The van der Waals surface area contributed by atoms with Crippen molar-refractivity contribution in [3.05, 3.63) is 54.2 Å². The molecule has 1 heterocycles. The molecule has 3 rings (SSSR count). The maximum atomic E-state index is 6.13. The van der Waals surface area contributed by atoms with E-state index in [4.69, 9.17) is 19.9 Å². The van der Waals surface area contributed by atoms with Gasteiger partial charge >= 0.3 is 0 Å². The Hall–Kier alpha value is -3.21. The zero-order valence-corrected chi connectivity index (χ0v) is 15.4. The minimum atomic E-state index is 0.492. The van der Waals surface area contributed by atoms with E-state index in [0.29, 0.717) is 23.1 Å². The van der Waals surface area contributed by atoms with Gasteiger partial charge in [-0.15, -0.1) is 0 Å². The van der Waals surface area contributed by atoms with Gasteiger partial charge in [0.05, 0.1) is 21.3 Å². The first-order valence-electron chi connectivity index (χ1n) is 8.20. The average Bonchev–Trinajstić information content (AvgIpc) is 2.67. The fourth-order valence-electron chi connectivity index (χ4n) is 2.92. The summed E-state index contributed by atoms with van der Waals surface area (Å²) in [7, 11) is 4.78. The van der Waals surface area contributed by atoms with E-state index < -0.39 is 0 Å². The first-order valence-corrected chi connectivity index (χ1v) is 8.20. The Morgan fingerprint density at radius 3 is 2.08 bits per heavy atom. The molecule has 5 nitrogen and oxygen atoms in total. The summed E-state index contributed by atoms with van der Waals surface area (Å²) in [6.07, 6.45) is 1.75. The second-order valence-electron chi connectivity index (χ2n) is 5.94. The Bertz CT molecular complexity index is 913. The number of aryl methyl sites for hydroxylation is 1. The molecule has 0 radical (unpaired) electrons. The minimum Gasteiger partial charge on any atom is -0.493 e. The third-order valence-corrected chi connectivity index (χ3v) is 4.25. The van der Waals surface area contributed by atoms with Gasteiger partial charge in [-0.3, -0.25) is 0 Å². The lowest BCUT2D eigenvalue weighted by atomic mass is 9.99. The largest absolute Gasteiger partial charge is 0.493 e. The highest BCUT2D eigenvalue weighted by Crippen LogP contribution is 2.41. The van der Waals surface area contributed by atoms with Crippen molar-refractivity contribution < 1.29 is 14.2 Å². The van der Waals surface area contributed by atoms with Crippen LogP contribution >= 0.6 is 0 Å². The summed E-state index contributed by atoms with van der Waals surface area (Å²) in [6, 6.07) is 14.0. The lowest BCUT2D eigenvalue weighted by Crippen LogP contribution is -1.97. The molecule has 1 aromatic heterocycles. The van der Waals surface area contributed by atoms with Crippen LogP contribution in [-0.2, 0) is 0 Å². The number of methoxy groups -OCH3 is 3. The Morgan fingerprint density at radius 1 is 0.808 bits per heavy atom. The van der Waals surface area contributed by atoms with E-state index in [2.05, 4.69) is 24.0 Å². The topological polar surface area (TPSA) is 66.6 Å². The number of nitrogens with zero attached hydrogens (tertiary/aromatic N) is 1. The van der Waals surface area contributed by atoms with E-state index in [0.717, 1.165) is 22.3 Å². The van der Waals surface area contributed by atoms with Gasteiger partial charge in [-0.25, -0.2) is 4.98 Å². The Labute approximate surface area is 153 Å². The predicted octanol–water partition coefficient (Wildman–Crippen LogP) is 4.33. The monoisotopic (exact) mass is 350 g/mol. The minimum absolute atomic E-state index is 0.492. The summed E-state index contributed by atoms with van der Waals surface area (Å²) in [5.74, 6) is 2.24. The molecule has 2 N–H and O–H groups in total. The van der Waals surface area contributed by atoms with Gasteiger partial charge in [-0.2, -0.15) is 0 Å². The van der Waals surface area contributed by atoms with Crippen LogP contribution in [0.1, 0.15) is 5.56 Å². The number of ether oxygens (including phenoxy) is 3. The van der Waals surface area contributed by atoms with Gasteiger partial charge in [-0.1, -0.05) is 29.8 Å². The Balaban J connectivity index is 2.15. The Morgan fingerprint density at radius 2 is 1.50 bits per heavy atom. The highest BCUT2D eigenvalue weighted by molar-refractivity contribution is 5.80. The summed E-state index contributed by atoms with van der Waals surface area (Å²) < 4.78 is 16.3. The van der Waals surface area contributed by atoms with E-state index in [1.165, 1.54) is 5.56 Å². The molecule has 0 spiro atoms. The standard InChI is InChI=1S/C21H22N2O3/c1-13-6-5-7-14(8-13)17-9-16(12-23-21(17)22)15-10-18(24-2)20(26-4)19(11-15)25-3/h5-12H,1-4H3,(H2,22,23). The number of nitrogen functional groups attached to an aromatic ring is 1. The van der Waals surface area contributed by atoms with Crippen LogP contribution in [0.5, 0.6) is 17.2 Å². The van der Waals surface area contributed by atoms with Crippen LogP contribution in [0.2, 0.25) is 0 Å². The molecular weight excluding hydrogens is 328 g/mol. The predicted molar refractivity (Wildman–Crippen MR) is 104 cm³/mol. The van der Waals surface area contributed by atoms with Crippen LogP contribution in [0, 0.1) is 6.92 Å². The molecule has 26 heavy (non-hydrogen) atoms. The smallest absolute Gasteiger partial charge is 0.203 e. The molecule has 0 aliphatic carbocycles. The molecule has 0 saturated heterocycles. The van der Waals surface area contributed by atoms with Crippen molar-refractivity contribution in [1.82, 2.24) is 4.98 Å². The van der Waals surface area contributed by atoms with Crippen LogP contribution in [0.3, 0.4) is 0 Å². The Kier molecular flexibility index (Phi) is 4.98. The average molecular weight is 350 g/mol. The number of hydrogen-bond acceptors (Lipinski definition) is 5. The number of rotatable bonds is 5. The summed E-state index contributed by atoms with van der Waals surface area (Å²) in [6.45, 7) is 2.05.